The van der Waals surface area contributed by atoms with Gasteiger partial charge in [-0.2, -0.15) is 0 Å². The fourth-order valence-electron chi connectivity index (χ4n) is 1.61. The Morgan fingerprint density at radius 3 is 3.00 bits per heavy atom. The maximum atomic E-state index is 11.1. The van der Waals surface area contributed by atoms with E-state index in [4.69, 9.17) is 5.73 Å². The van der Waals surface area contributed by atoms with Gasteiger partial charge in [-0.1, -0.05) is 0 Å². The number of amides is 1. The van der Waals surface area contributed by atoms with Crippen LogP contribution in [0.15, 0.2) is 0 Å². The summed E-state index contributed by atoms with van der Waals surface area (Å²) in [5, 5.41) is 2.78. The fourth-order valence-corrected chi connectivity index (χ4v) is 1.61. The van der Waals surface area contributed by atoms with Crippen molar-refractivity contribution in [1.29, 1.82) is 0 Å². The summed E-state index contributed by atoms with van der Waals surface area (Å²) < 4.78 is 0. The zero-order chi connectivity index (χ0) is 9.68. The van der Waals surface area contributed by atoms with E-state index in [1.807, 2.05) is 6.92 Å². The number of hydrogen-bond donors (Lipinski definition) is 2. The first kappa shape index (κ1) is 10.5. The topological polar surface area (TPSA) is 58.4 Å². The van der Waals surface area contributed by atoms with E-state index in [0.29, 0.717) is 12.5 Å². The van der Waals surface area contributed by atoms with Gasteiger partial charge in [0.25, 0.3) is 0 Å². The van der Waals surface area contributed by atoms with E-state index in [-0.39, 0.29) is 5.91 Å². The average molecular weight is 185 g/mol. The number of hydrogen-bond acceptors (Lipinski definition) is 3. The minimum absolute atomic E-state index is 0.142. The first-order valence-electron chi connectivity index (χ1n) is 4.97. The predicted molar refractivity (Wildman–Crippen MR) is 52.3 cm³/mol. The Morgan fingerprint density at radius 1 is 1.69 bits per heavy atom. The zero-order valence-corrected chi connectivity index (χ0v) is 8.25. The highest BCUT2D eigenvalue weighted by molar-refractivity contribution is 5.75. The fraction of sp³-hybridized carbons (Fsp3) is 0.889. The second kappa shape index (κ2) is 5.19. The van der Waals surface area contributed by atoms with Crippen LogP contribution in [0.4, 0.5) is 0 Å². The molecular formula is C9H19N3O. The minimum atomic E-state index is 0.142. The summed E-state index contributed by atoms with van der Waals surface area (Å²) in [6.45, 7) is 5.49. The van der Waals surface area contributed by atoms with Gasteiger partial charge in [0.2, 0.25) is 5.91 Å². The molecule has 3 N–H and O–H groups in total. The molecule has 0 aromatic carbocycles. The number of rotatable bonds is 4. The van der Waals surface area contributed by atoms with Crippen LogP contribution in [-0.4, -0.2) is 43.0 Å². The Balaban J connectivity index is 2.09. The van der Waals surface area contributed by atoms with Gasteiger partial charge in [-0.15, -0.1) is 0 Å². The number of carbonyl (C=O) groups is 1. The first-order valence-corrected chi connectivity index (χ1v) is 4.97. The molecular weight excluding hydrogens is 166 g/mol. The third-order valence-electron chi connectivity index (χ3n) is 2.34. The lowest BCUT2D eigenvalue weighted by atomic mass is 10.3. The largest absolute Gasteiger partial charge is 0.356 e. The van der Waals surface area contributed by atoms with Crippen molar-refractivity contribution in [3.63, 3.8) is 0 Å². The van der Waals surface area contributed by atoms with E-state index in [1.165, 1.54) is 0 Å². The van der Waals surface area contributed by atoms with E-state index in [0.717, 1.165) is 32.6 Å². The molecule has 1 rings (SSSR count). The number of nitrogens with zero attached hydrogens (tertiary/aromatic N) is 1. The van der Waals surface area contributed by atoms with Gasteiger partial charge in [0, 0.05) is 32.1 Å². The SMILES string of the molecule is CCNC(=O)CCN1CC[C@H](N)C1. The first-order chi connectivity index (χ1) is 6.22. The predicted octanol–water partition coefficient (Wildman–Crippen LogP) is -0.454. The number of carbonyl (C=O) groups excluding carboxylic acids is 1. The lowest BCUT2D eigenvalue weighted by Crippen LogP contribution is -2.31. The van der Waals surface area contributed by atoms with Gasteiger partial charge >= 0.3 is 0 Å². The molecule has 0 unspecified atom stereocenters. The van der Waals surface area contributed by atoms with Crippen molar-refractivity contribution in [3.05, 3.63) is 0 Å². The van der Waals surface area contributed by atoms with Crippen LogP contribution in [0.5, 0.6) is 0 Å². The lowest BCUT2D eigenvalue weighted by molar-refractivity contribution is -0.121. The van der Waals surface area contributed by atoms with E-state index in [2.05, 4.69) is 10.2 Å². The van der Waals surface area contributed by atoms with Crippen LogP contribution in [-0.2, 0) is 4.79 Å². The summed E-state index contributed by atoms with van der Waals surface area (Å²) >= 11 is 0. The van der Waals surface area contributed by atoms with Crippen molar-refractivity contribution in [2.45, 2.75) is 25.8 Å². The molecule has 4 heteroatoms. The molecule has 0 aliphatic carbocycles. The molecule has 1 heterocycles. The van der Waals surface area contributed by atoms with Crippen molar-refractivity contribution in [2.24, 2.45) is 5.73 Å². The summed E-state index contributed by atoms with van der Waals surface area (Å²) in [5.41, 5.74) is 5.75. The molecule has 0 bridgehead atoms. The minimum Gasteiger partial charge on any atom is -0.356 e. The van der Waals surface area contributed by atoms with Gasteiger partial charge in [0.1, 0.15) is 0 Å². The van der Waals surface area contributed by atoms with E-state index in [1.54, 1.807) is 0 Å². The Bertz CT molecular complexity index is 172. The smallest absolute Gasteiger partial charge is 0.221 e. The van der Waals surface area contributed by atoms with Gasteiger partial charge in [-0.05, 0) is 19.9 Å². The third-order valence-corrected chi connectivity index (χ3v) is 2.34. The van der Waals surface area contributed by atoms with Gasteiger partial charge < -0.3 is 16.0 Å². The molecule has 0 saturated carbocycles. The maximum Gasteiger partial charge on any atom is 0.221 e. The zero-order valence-electron chi connectivity index (χ0n) is 8.25. The monoisotopic (exact) mass is 185 g/mol. The van der Waals surface area contributed by atoms with Crippen molar-refractivity contribution in [3.8, 4) is 0 Å². The molecule has 76 valence electrons. The molecule has 1 fully saturated rings. The Hall–Kier alpha value is -0.610. The van der Waals surface area contributed by atoms with Gasteiger partial charge in [0.05, 0.1) is 0 Å². The van der Waals surface area contributed by atoms with Crippen molar-refractivity contribution >= 4 is 5.91 Å². The molecule has 0 spiro atoms. The molecule has 0 aromatic rings. The number of nitrogens with one attached hydrogen (secondary N) is 1. The van der Waals surface area contributed by atoms with Gasteiger partial charge in [-0.3, -0.25) is 4.79 Å². The summed E-state index contributed by atoms with van der Waals surface area (Å²) in [7, 11) is 0. The summed E-state index contributed by atoms with van der Waals surface area (Å²) in [4.78, 5) is 13.4. The highest BCUT2D eigenvalue weighted by Crippen LogP contribution is 2.06. The van der Waals surface area contributed by atoms with Gasteiger partial charge in [0.15, 0.2) is 0 Å². The van der Waals surface area contributed by atoms with E-state index >= 15 is 0 Å². The van der Waals surface area contributed by atoms with Crippen LogP contribution in [0, 0.1) is 0 Å². The third kappa shape index (κ3) is 3.74. The molecule has 0 aromatic heterocycles. The van der Waals surface area contributed by atoms with Crippen LogP contribution >= 0.6 is 0 Å². The molecule has 13 heavy (non-hydrogen) atoms. The molecule has 1 aliphatic heterocycles. The second-order valence-corrected chi connectivity index (χ2v) is 3.55. The highest BCUT2D eigenvalue weighted by Gasteiger charge is 2.18. The van der Waals surface area contributed by atoms with Crippen molar-refractivity contribution in [2.75, 3.05) is 26.2 Å². The number of nitrogens with two attached hydrogens (primary N) is 1. The Labute approximate surface area is 79.5 Å². The molecule has 1 atom stereocenters. The Morgan fingerprint density at radius 2 is 2.46 bits per heavy atom. The van der Waals surface area contributed by atoms with Crippen LogP contribution in [0.3, 0.4) is 0 Å². The highest BCUT2D eigenvalue weighted by atomic mass is 16.1. The normalized spacial score (nSPS) is 23.4. The molecule has 4 nitrogen and oxygen atoms in total. The van der Waals surface area contributed by atoms with Crippen LogP contribution in [0.1, 0.15) is 19.8 Å². The summed E-state index contributed by atoms with van der Waals surface area (Å²) in [5.74, 6) is 0.142. The standard InChI is InChI=1S/C9H19N3O/c1-2-11-9(13)4-6-12-5-3-8(10)7-12/h8H,2-7,10H2,1H3,(H,11,13)/t8-/m0/s1. The molecule has 1 saturated heterocycles. The molecule has 1 aliphatic rings. The quantitative estimate of drug-likeness (QED) is 0.623. The molecule has 1 amide bonds. The Kier molecular flexibility index (Phi) is 4.18. The van der Waals surface area contributed by atoms with Crippen molar-refractivity contribution < 1.29 is 4.79 Å². The van der Waals surface area contributed by atoms with E-state index in [9.17, 15) is 4.79 Å². The van der Waals surface area contributed by atoms with E-state index < -0.39 is 0 Å². The maximum absolute atomic E-state index is 11.1. The van der Waals surface area contributed by atoms with Crippen LogP contribution < -0.4 is 11.1 Å². The average Bonchev–Trinajstić information content (AvgIpc) is 2.49. The van der Waals surface area contributed by atoms with Crippen LogP contribution in [0.2, 0.25) is 0 Å². The molecule has 0 radical (unpaired) electrons. The second-order valence-electron chi connectivity index (χ2n) is 3.55. The lowest BCUT2D eigenvalue weighted by Gasteiger charge is -2.14. The van der Waals surface area contributed by atoms with Crippen molar-refractivity contribution in [1.82, 2.24) is 10.2 Å². The number of likely N-dealkylation sites (tertiary alicyclic amines) is 1. The van der Waals surface area contributed by atoms with Crippen LogP contribution in [0.25, 0.3) is 0 Å². The van der Waals surface area contributed by atoms with Gasteiger partial charge in [-0.25, -0.2) is 0 Å². The summed E-state index contributed by atoms with van der Waals surface area (Å²) in [6.07, 6.45) is 1.66. The summed E-state index contributed by atoms with van der Waals surface area (Å²) in [6, 6.07) is 0.314.